The van der Waals surface area contributed by atoms with Gasteiger partial charge in [0.05, 0.1) is 6.04 Å². The van der Waals surface area contributed by atoms with Crippen molar-refractivity contribution < 1.29 is 9.90 Å². The van der Waals surface area contributed by atoms with Gasteiger partial charge in [-0.15, -0.1) is 0 Å². The summed E-state index contributed by atoms with van der Waals surface area (Å²) in [6.07, 6.45) is 0.999. The van der Waals surface area contributed by atoms with E-state index in [4.69, 9.17) is 5.11 Å². The third kappa shape index (κ3) is 2.86. The molecule has 3 N–H and O–H groups in total. The molecule has 1 aliphatic heterocycles. The minimum absolute atomic E-state index is 0.0468. The summed E-state index contributed by atoms with van der Waals surface area (Å²) in [4.78, 5) is 11.0. The van der Waals surface area contributed by atoms with Crippen LogP contribution in [0.15, 0.2) is 0 Å². The Hall–Kier alpha value is -0.610. The van der Waals surface area contributed by atoms with Gasteiger partial charge in [0, 0.05) is 26.1 Å². The van der Waals surface area contributed by atoms with E-state index in [0.717, 1.165) is 13.1 Å². The quantitative estimate of drug-likeness (QED) is 0.484. The van der Waals surface area contributed by atoms with E-state index in [0.29, 0.717) is 18.9 Å². The Morgan fingerprint density at radius 1 is 1.64 bits per heavy atom. The van der Waals surface area contributed by atoms with Crippen molar-refractivity contribution in [2.24, 2.45) is 0 Å². The molecule has 0 saturated carbocycles. The van der Waals surface area contributed by atoms with Crippen molar-refractivity contribution in [2.75, 3.05) is 19.7 Å². The molecule has 0 aromatic carbocycles. The second-order valence-corrected chi connectivity index (χ2v) is 2.75. The Bertz CT molecular complexity index is 134. The molecule has 0 spiro atoms. The van der Waals surface area contributed by atoms with Crippen LogP contribution in [0.2, 0.25) is 0 Å². The summed E-state index contributed by atoms with van der Waals surface area (Å²) < 4.78 is 0. The lowest BCUT2D eigenvalue weighted by Gasteiger charge is -2.27. The normalized spacial score (nSPS) is 17.5. The summed E-state index contributed by atoms with van der Waals surface area (Å²) in [7, 11) is 0. The lowest BCUT2D eigenvalue weighted by molar-refractivity contribution is -0.122. The van der Waals surface area contributed by atoms with Gasteiger partial charge >= 0.3 is 0 Å². The van der Waals surface area contributed by atoms with Crippen LogP contribution >= 0.6 is 0 Å². The van der Waals surface area contributed by atoms with Crippen molar-refractivity contribution in [2.45, 2.75) is 18.9 Å². The second kappa shape index (κ2) is 4.31. The molecular formula is C7H14N2O2. The zero-order valence-corrected chi connectivity index (χ0v) is 6.47. The zero-order valence-electron chi connectivity index (χ0n) is 6.47. The topological polar surface area (TPSA) is 61.4 Å². The van der Waals surface area contributed by atoms with Gasteiger partial charge in [-0.05, 0) is 6.42 Å². The molecule has 11 heavy (non-hydrogen) atoms. The molecule has 4 heteroatoms. The summed E-state index contributed by atoms with van der Waals surface area (Å²) in [6, 6.07) is 0.321. The van der Waals surface area contributed by atoms with Gasteiger partial charge in [0.2, 0.25) is 5.91 Å². The number of aliphatic hydroxyl groups is 1. The molecular weight excluding hydrogens is 144 g/mol. The summed E-state index contributed by atoms with van der Waals surface area (Å²) in [6.45, 7) is 1.85. The van der Waals surface area contributed by atoms with Crippen LogP contribution in [-0.4, -0.2) is 36.8 Å². The average Bonchev–Trinajstić information content (AvgIpc) is 1.93. The van der Waals surface area contributed by atoms with Crippen LogP contribution in [0, 0.1) is 0 Å². The third-order valence-corrected chi connectivity index (χ3v) is 1.71. The highest BCUT2D eigenvalue weighted by molar-refractivity contribution is 5.76. The smallest absolute Gasteiger partial charge is 0.220 e. The number of nitrogens with one attached hydrogen (secondary N) is 2. The first-order chi connectivity index (χ1) is 5.33. The van der Waals surface area contributed by atoms with Crippen LogP contribution in [-0.2, 0) is 4.79 Å². The molecule has 1 saturated heterocycles. The van der Waals surface area contributed by atoms with Crippen LogP contribution in [0.25, 0.3) is 0 Å². The average molecular weight is 158 g/mol. The van der Waals surface area contributed by atoms with Gasteiger partial charge in [-0.1, -0.05) is 0 Å². The number of carbonyl (C=O) groups is 1. The first-order valence-corrected chi connectivity index (χ1v) is 3.94. The van der Waals surface area contributed by atoms with E-state index in [1.807, 2.05) is 0 Å². The van der Waals surface area contributed by atoms with Crippen LogP contribution in [0.5, 0.6) is 0 Å². The number of carbonyl (C=O) groups excluding carboxylic acids is 1. The van der Waals surface area contributed by atoms with Crippen molar-refractivity contribution in [3.05, 3.63) is 0 Å². The number of hydrogen-bond acceptors (Lipinski definition) is 3. The molecule has 0 aromatic heterocycles. The number of aliphatic hydroxyl groups excluding tert-OH is 1. The van der Waals surface area contributed by atoms with E-state index in [1.54, 1.807) is 0 Å². The maximum atomic E-state index is 11.0. The van der Waals surface area contributed by atoms with Gasteiger partial charge in [-0.3, -0.25) is 4.79 Å². The largest absolute Gasteiger partial charge is 0.396 e. The summed E-state index contributed by atoms with van der Waals surface area (Å²) in [5.41, 5.74) is 0. The lowest BCUT2D eigenvalue weighted by Crippen LogP contribution is -2.56. The highest BCUT2D eigenvalue weighted by atomic mass is 16.3. The Morgan fingerprint density at radius 3 is 2.82 bits per heavy atom. The van der Waals surface area contributed by atoms with Crippen LogP contribution in [0.1, 0.15) is 12.8 Å². The Morgan fingerprint density at radius 2 is 2.36 bits per heavy atom. The second-order valence-electron chi connectivity index (χ2n) is 2.75. The van der Waals surface area contributed by atoms with Gasteiger partial charge in [0.15, 0.2) is 0 Å². The fourth-order valence-electron chi connectivity index (χ4n) is 0.930. The summed E-state index contributed by atoms with van der Waals surface area (Å²) in [5, 5.41) is 14.3. The predicted octanol–water partition coefficient (Wildman–Crippen LogP) is -1.15. The van der Waals surface area contributed by atoms with E-state index >= 15 is 0 Å². The van der Waals surface area contributed by atoms with Crippen molar-refractivity contribution >= 4 is 5.91 Å². The van der Waals surface area contributed by atoms with Crippen molar-refractivity contribution in [1.29, 1.82) is 0 Å². The molecule has 0 atom stereocenters. The fourth-order valence-corrected chi connectivity index (χ4v) is 0.930. The Balaban J connectivity index is 2.00. The van der Waals surface area contributed by atoms with E-state index in [9.17, 15) is 4.79 Å². The maximum absolute atomic E-state index is 11.0. The van der Waals surface area contributed by atoms with Crippen LogP contribution in [0.4, 0.5) is 0 Å². The first kappa shape index (κ1) is 8.49. The number of hydrogen-bond donors (Lipinski definition) is 3. The summed E-state index contributed by atoms with van der Waals surface area (Å²) in [5.74, 6) is 0.0468. The molecule has 1 heterocycles. The van der Waals surface area contributed by atoms with Gasteiger partial charge < -0.3 is 15.7 Å². The number of amides is 1. The van der Waals surface area contributed by atoms with E-state index in [2.05, 4.69) is 10.6 Å². The predicted molar refractivity (Wildman–Crippen MR) is 41.1 cm³/mol. The maximum Gasteiger partial charge on any atom is 0.220 e. The molecule has 0 aromatic rings. The molecule has 0 radical (unpaired) electrons. The van der Waals surface area contributed by atoms with Gasteiger partial charge in [0.1, 0.15) is 0 Å². The van der Waals surface area contributed by atoms with Crippen LogP contribution in [0.3, 0.4) is 0 Å². The molecule has 1 amide bonds. The minimum Gasteiger partial charge on any atom is -0.396 e. The number of rotatable bonds is 4. The van der Waals surface area contributed by atoms with E-state index < -0.39 is 0 Å². The van der Waals surface area contributed by atoms with Crippen LogP contribution < -0.4 is 10.6 Å². The summed E-state index contributed by atoms with van der Waals surface area (Å²) >= 11 is 0. The monoisotopic (exact) mass is 158 g/mol. The van der Waals surface area contributed by atoms with E-state index in [1.165, 1.54) is 0 Å². The molecule has 0 aliphatic carbocycles. The van der Waals surface area contributed by atoms with Gasteiger partial charge in [-0.25, -0.2) is 0 Å². The SMILES string of the molecule is O=C(CCCO)NC1CNC1. The van der Waals surface area contributed by atoms with Gasteiger partial charge in [-0.2, -0.15) is 0 Å². The molecule has 1 fully saturated rings. The molecule has 4 nitrogen and oxygen atoms in total. The Labute approximate surface area is 66.0 Å². The van der Waals surface area contributed by atoms with Crippen molar-refractivity contribution in [1.82, 2.24) is 10.6 Å². The van der Waals surface area contributed by atoms with Gasteiger partial charge in [0.25, 0.3) is 0 Å². The fraction of sp³-hybridized carbons (Fsp3) is 0.857. The first-order valence-electron chi connectivity index (χ1n) is 3.94. The molecule has 1 rings (SSSR count). The van der Waals surface area contributed by atoms with Crippen molar-refractivity contribution in [3.8, 4) is 0 Å². The zero-order chi connectivity index (χ0) is 8.10. The highest BCUT2D eigenvalue weighted by Gasteiger charge is 2.17. The Kier molecular flexibility index (Phi) is 3.32. The molecule has 1 aliphatic rings. The standard InChI is InChI=1S/C7H14N2O2/c10-3-1-2-7(11)9-6-4-8-5-6/h6,8,10H,1-5H2,(H,9,11). The molecule has 64 valence electrons. The van der Waals surface area contributed by atoms with E-state index in [-0.39, 0.29) is 12.5 Å². The highest BCUT2D eigenvalue weighted by Crippen LogP contribution is 1.93. The third-order valence-electron chi connectivity index (χ3n) is 1.71. The van der Waals surface area contributed by atoms with Crippen molar-refractivity contribution in [3.63, 3.8) is 0 Å². The minimum atomic E-state index is 0.0468. The lowest BCUT2D eigenvalue weighted by atomic mass is 10.2. The molecule has 0 bridgehead atoms. The molecule has 0 unspecified atom stereocenters.